The first kappa shape index (κ1) is 12.6. The Labute approximate surface area is 100 Å². The molecule has 0 aliphatic heterocycles. The molecule has 1 atom stereocenters. The van der Waals surface area contributed by atoms with Crippen molar-refractivity contribution < 1.29 is 18.3 Å². The van der Waals surface area contributed by atoms with Crippen molar-refractivity contribution in [1.82, 2.24) is 15.2 Å². The molecule has 0 radical (unpaired) electrons. The molecule has 0 fully saturated rings. The number of halogens is 3. The highest BCUT2D eigenvalue weighted by Crippen LogP contribution is 2.29. The van der Waals surface area contributed by atoms with Gasteiger partial charge in [0.1, 0.15) is 12.4 Å². The van der Waals surface area contributed by atoms with E-state index >= 15 is 0 Å². The largest absolute Gasteiger partial charge is 0.416 e. The van der Waals surface area contributed by atoms with E-state index in [1.54, 1.807) is 0 Å². The lowest BCUT2D eigenvalue weighted by Gasteiger charge is -2.09. The highest BCUT2D eigenvalue weighted by molar-refractivity contribution is 5.25. The Morgan fingerprint density at radius 1 is 1.22 bits per heavy atom. The van der Waals surface area contributed by atoms with E-state index in [2.05, 4.69) is 15.2 Å². The van der Waals surface area contributed by atoms with Gasteiger partial charge in [0, 0.05) is 6.42 Å². The number of H-pyrrole nitrogens is 1. The smallest absolute Gasteiger partial charge is 0.385 e. The molecule has 1 aromatic carbocycles. The summed E-state index contributed by atoms with van der Waals surface area (Å²) in [6, 6.07) is 4.65. The zero-order chi connectivity index (χ0) is 13.2. The van der Waals surface area contributed by atoms with Gasteiger partial charge in [-0.2, -0.15) is 18.3 Å². The molecule has 0 aliphatic carbocycles. The van der Waals surface area contributed by atoms with Crippen LogP contribution in [0.15, 0.2) is 30.6 Å². The molecule has 1 heterocycles. The number of aromatic nitrogens is 3. The lowest BCUT2D eigenvalue weighted by Crippen LogP contribution is -2.06. The molecule has 0 amide bonds. The van der Waals surface area contributed by atoms with Crippen LogP contribution in [-0.2, 0) is 12.6 Å². The molecule has 1 unspecified atom stereocenters. The second-order valence-corrected chi connectivity index (χ2v) is 3.79. The maximum atomic E-state index is 12.3. The molecule has 0 saturated heterocycles. The number of alkyl halides is 3. The number of aliphatic hydroxyl groups excluding tert-OH is 1. The molecule has 0 aliphatic rings. The van der Waals surface area contributed by atoms with Crippen LogP contribution in [0.3, 0.4) is 0 Å². The number of hydrogen-bond donors (Lipinski definition) is 2. The number of hydrogen-bond acceptors (Lipinski definition) is 3. The number of benzene rings is 1. The standard InChI is InChI=1S/C11H10F3N3O/c12-11(13,14)8-3-1-7(2-4-8)5-9(18)10-15-6-16-17-10/h1-4,6,9,18H,5H2,(H,15,16,17). The lowest BCUT2D eigenvalue weighted by atomic mass is 10.1. The Hall–Kier alpha value is -1.89. The van der Waals surface area contributed by atoms with Crippen molar-refractivity contribution in [2.24, 2.45) is 0 Å². The molecular formula is C11H10F3N3O. The van der Waals surface area contributed by atoms with Crippen molar-refractivity contribution in [3.63, 3.8) is 0 Å². The number of rotatable bonds is 3. The fraction of sp³-hybridized carbons (Fsp3) is 0.273. The number of aliphatic hydroxyl groups is 1. The van der Waals surface area contributed by atoms with Gasteiger partial charge in [0.2, 0.25) is 0 Å². The summed E-state index contributed by atoms with van der Waals surface area (Å²) in [5.74, 6) is 0.287. The van der Waals surface area contributed by atoms with Gasteiger partial charge in [-0.05, 0) is 17.7 Å². The lowest BCUT2D eigenvalue weighted by molar-refractivity contribution is -0.137. The molecule has 2 N–H and O–H groups in total. The fourth-order valence-corrected chi connectivity index (χ4v) is 1.53. The summed E-state index contributed by atoms with van der Waals surface area (Å²) in [4.78, 5) is 3.77. The Bertz CT molecular complexity index is 493. The first-order valence-electron chi connectivity index (χ1n) is 5.16. The minimum absolute atomic E-state index is 0.174. The average Bonchev–Trinajstić information content (AvgIpc) is 2.82. The second kappa shape index (κ2) is 4.77. The second-order valence-electron chi connectivity index (χ2n) is 3.79. The van der Waals surface area contributed by atoms with E-state index < -0.39 is 17.8 Å². The highest BCUT2D eigenvalue weighted by Gasteiger charge is 2.30. The third-order valence-electron chi connectivity index (χ3n) is 2.46. The van der Waals surface area contributed by atoms with E-state index in [9.17, 15) is 18.3 Å². The SMILES string of the molecule is OC(Cc1ccc(C(F)(F)F)cc1)c1ncn[nH]1. The first-order chi connectivity index (χ1) is 8.47. The Morgan fingerprint density at radius 3 is 2.39 bits per heavy atom. The minimum atomic E-state index is -4.35. The summed E-state index contributed by atoms with van der Waals surface area (Å²) in [5.41, 5.74) is -0.118. The van der Waals surface area contributed by atoms with E-state index in [4.69, 9.17) is 0 Å². The van der Waals surface area contributed by atoms with Crippen LogP contribution in [0.25, 0.3) is 0 Å². The van der Waals surface area contributed by atoms with Gasteiger partial charge in [0.15, 0.2) is 5.82 Å². The van der Waals surface area contributed by atoms with Crippen LogP contribution in [0.4, 0.5) is 13.2 Å². The van der Waals surface area contributed by atoms with Crippen molar-refractivity contribution in [3.8, 4) is 0 Å². The maximum absolute atomic E-state index is 12.3. The third kappa shape index (κ3) is 2.86. The topological polar surface area (TPSA) is 61.8 Å². The summed E-state index contributed by atoms with van der Waals surface area (Å²) in [5, 5.41) is 15.8. The molecule has 96 valence electrons. The average molecular weight is 257 g/mol. The summed E-state index contributed by atoms with van der Waals surface area (Å²) < 4.78 is 37.0. The van der Waals surface area contributed by atoms with Gasteiger partial charge in [0.05, 0.1) is 5.56 Å². The summed E-state index contributed by atoms with van der Waals surface area (Å²) >= 11 is 0. The van der Waals surface area contributed by atoms with E-state index in [0.717, 1.165) is 12.1 Å². The molecule has 2 aromatic rings. The zero-order valence-electron chi connectivity index (χ0n) is 9.15. The zero-order valence-corrected chi connectivity index (χ0v) is 9.15. The summed E-state index contributed by atoms with van der Waals surface area (Å²) in [6.45, 7) is 0. The van der Waals surface area contributed by atoms with Crippen LogP contribution in [0, 0.1) is 0 Å². The monoisotopic (exact) mass is 257 g/mol. The van der Waals surface area contributed by atoms with Gasteiger partial charge in [-0.3, -0.25) is 5.10 Å². The van der Waals surface area contributed by atoms with E-state index in [1.807, 2.05) is 0 Å². The third-order valence-corrected chi connectivity index (χ3v) is 2.46. The predicted molar refractivity (Wildman–Crippen MR) is 56.5 cm³/mol. The Morgan fingerprint density at radius 2 is 1.89 bits per heavy atom. The summed E-state index contributed by atoms with van der Waals surface area (Å²) in [7, 11) is 0. The van der Waals surface area contributed by atoms with E-state index in [-0.39, 0.29) is 12.2 Å². The van der Waals surface area contributed by atoms with Gasteiger partial charge in [-0.15, -0.1) is 0 Å². The van der Waals surface area contributed by atoms with Crippen molar-refractivity contribution >= 4 is 0 Å². The van der Waals surface area contributed by atoms with Crippen molar-refractivity contribution in [1.29, 1.82) is 0 Å². The molecule has 7 heteroatoms. The fourth-order valence-electron chi connectivity index (χ4n) is 1.53. The minimum Gasteiger partial charge on any atom is -0.385 e. The van der Waals surface area contributed by atoms with Crippen LogP contribution in [-0.4, -0.2) is 20.3 Å². The van der Waals surface area contributed by atoms with E-state index in [0.29, 0.717) is 5.56 Å². The Balaban J connectivity index is 2.07. The van der Waals surface area contributed by atoms with Crippen LogP contribution >= 0.6 is 0 Å². The Kier molecular flexibility index (Phi) is 3.33. The van der Waals surface area contributed by atoms with Crippen LogP contribution in [0.5, 0.6) is 0 Å². The van der Waals surface area contributed by atoms with Crippen molar-refractivity contribution in [3.05, 3.63) is 47.5 Å². The maximum Gasteiger partial charge on any atom is 0.416 e. The molecule has 1 aromatic heterocycles. The summed E-state index contributed by atoms with van der Waals surface area (Å²) in [6.07, 6.45) is -3.83. The first-order valence-corrected chi connectivity index (χ1v) is 5.16. The predicted octanol–water partition coefficient (Wildman–Crippen LogP) is 2.10. The van der Waals surface area contributed by atoms with Crippen molar-refractivity contribution in [2.45, 2.75) is 18.7 Å². The molecule has 0 spiro atoms. The van der Waals surface area contributed by atoms with Crippen molar-refractivity contribution in [2.75, 3.05) is 0 Å². The molecule has 2 rings (SSSR count). The van der Waals surface area contributed by atoms with Crippen LogP contribution in [0.2, 0.25) is 0 Å². The molecular weight excluding hydrogens is 247 g/mol. The molecule has 0 bridgehead atoms. The quantitative estimate of drug-likeness (QED) is 0.885. The van der Waals surface area contributed by atoms with Crippen LogP contribution < -0.4 is 0 Å². The van der Waals surface area contributed by atoms with Crippen LogP contribution in [0.1, 0.15) is 23.1 Å². The number of aromatic amines is 1. The van der Waals surface area contributed by atoms with Gasteiger partial charge < -0.3 is 5.11 Å². The normalized spacial score (nSPS) is 13.6. The van der Waals surface area contributed by atoms with E-state index in [1.165, 1.54) is 18.5 Å². The van der Waals surface area contributed by atoms with Gasteiger partial charge in [-0.25, -0.2) is 4.98 Å². The number of nitrogens with one attached hydrogen (secondary N) is 1. The van der Waals surface area contributed by atoms with Gasteiger partial charge >= 0.3 is 6.18 Å². The number of nitrogens with zero attached hydrogens (tertiary/aromatic N) is 2. The highest BCUT2D eigenvalue weighted by atomic mass is 19.4. The molecule has 18 heavy (non-hydrogen) atoms. The van der Waals surface area contributed by atoms with Gasteiger partial charge in [0.25, 0.3) is 0 Å². The van der Waals surface area contributed by atoms with Gasteiger partial charge in [-0.1, -0.05) is 12.1 Å². The molecule has 0 saturated carbocycles. The molecule has 4 nitrogen and oxygen atoms in total.